The normalized spacial score (nSPS) is 11.4. The largest absolute Gasteiger partial charge is 0.492 e. The Morgan fingerprint density at radius 3 is 2.45 bits per heavy atom. The quantitative estimate of drug-likeness (QED) is 0.435. The van der Waals surface area contributed by atoms with Gasteiger partial charge in [-0.05, 0) is 43.5 Å². The minimum atomic E-state index is -0.500. The predicted molar refractivity (Wildman–Crippen MR) is 122 cm³/mol. The number of para-hydroxylation sites is 4. The van der Waals surface area contributed by atoms with Crippen molar-refractivity contribution in [3.8, 4) is 11.4 Å². The molecule has 0 spiro atoms. The summed E-state index contributed by atoms with van der Waals surface area (Å²) in [6, 6.07) is 15.0. The molecular weight excluding hydrogens is 392 g/mol. The molecule has 2 aromatic heterocycles. The Kier molecular flexibility index (Phi) is 5.75. The summed E-state index contributed by atoms with van der Waals surface area (Å²) in [6.45, 7) is 6.89. The Hall–Kier alpha value is -3.61. The average molecular weight is 418 g/mol. The predicted octanol–water partition coefficient (Wildman–Crippen LogP) is 4.76. The van der Waals surface area contributed by atoms with Crippen LogP contribution in [0.1, 0.15) is 37.6 Å². The van der Waals surface area contributed by atoms with E-state index < -0.39 is 5.97 Å². The van der Waals surface area contributed by atoms with Gasteiger partial charge in [-0.25, -0.2) is 14.8 Å². The third-order valence-electron chi connectivity index (χ3n) is 5.04. The van der Waals surface area contributed by atoms with Crippen LogP contribution >= 0.6 is 0 Å². The number of benzene rings is 2. The van der Waals surface area contributed by atoms with E-state index in [4.69, 9.17) is 25.2 Å². The number of nitrogen functional groups attached to an aromatic ring is 1. The number of fused-ring (bicyclic) bond motifs is 2. The topological polar surface area (TPSA) is 92.3 Å². The summed E-state index contributed by atoms with van der Waals surface area (Å²) in [6.07, 6.45) is 0.770. The summed E-state index contributed by atoms with van der Waals surface area (Å²) in [5, 5.41) is 0. The number of ether oxygens (including phenoxy) is 2. The zero-order valence-corrected chi connectivity index (χ0v) is 18.0. The van der Waals surface area contributed by atoms with Crippen LogP contribution in [0.15, 0.2) is 48.5 Å². The molecule has 0 aliphatic rings. The number of hydrogen-bond acceptors (Lipinski definition) is 6. The molecule has 2 aromatic carbocycles. The molecule has 0 bridgehead atoms. The van der Waals surface area contributed by atoms with Crippen molar-refractivity contribution in [2.45, 2.75) is 27.2 Å². The minimum absolute atomic E-state index is 0.225. The Labute approximate surface area is 180 Å². The van der Waals surface area contributed by atoms with Gasteiger partial charge in [0.25, 0.3) is 0 Å². The maximum Gasteiger partial charge on any atom is 0.344 e. The Morgan fingerprint density at radius 2 is 1.74 bits per heavy atom. The van der Waals surface area contributed by atoms with Crippen molar-refractivity contribution < 1.29 is 14.3 Å². The molecule has 0 aliphatic carbocycles. The molecule has 7 nitrogen and oxygen atoms in total. The summed E-state index contributed by atoms with van der Waals surface area (Å²) in [5.74, 6) is 0.795. The lowest BCUT2D eigenvalue weighted by Crippen LogP contribution is -2.11. The molecular formula is C24H26N4O3. The second-order valence-corrected chi connectivity index (χ2v) is 7.70. The van der Waals surface area contributed by atoms with Gasteiger partial charge in [-0.2, -0.15) is 0 Å². The molecule has 0 aliphatic heterocycles. The molecule has 0 fully saturated rings. The molecule has 4 aromatic rings. The standard InChI is InChI=1S/C24H26N4O3/c1-4-30-19-12-8-7-11-18(19)28-22(25)20(24(29)31-14-13-15(2)3)21-23(28)27-17-10-6-5-9-16(17)26-21/h5-12,15H,4,13-14,25H2,1-3H3. The van der Waals surface area contributed by atoms with Crippen molar-refractivity contribution in [3.63, 3.8) is 0 Å². The van der Waals surface area contributed by atoms with E-state index in [0.29, 0.717) is 52.8 Å². The Balaban J connectivity index is 1.95. The number of carbonyl (C=O) groups is 1. The van der Waals surface area contributed by atoms with Crippen molar-refractivity contribution in [3.05, 3.63) is 54.1 Å². The van der Waals surface area contributed by atoms with Crippen molar-refractivity contribution in [2.75, 3.05) is 18.9 Å². The first kappa shape index (κ1) is 20.7. The van der Waals surface area contributed by atoms with Crippen LogP contribution in [0.4, 0.5) is 5.82 Å². The molecule has 0 radical (unpaired) electrons. The van der Waals surface area contributed by atoms with Gasteiger partial charge >= 0.3 is 5.97 Å². The van der Waals surface area contributed by atoms with Gasteiger partial charge < -0.3 is 15.2 Å². The van der Waals surface area contributed by atoms with Crippen LogP contribution in [0, 0.1) is 5.92 Å². The molecule has 2 N–H and O–H groups in total. The maximum absolute atomic E-state index is 13.0. The highest BCUT2D eigenvalue weighted by atomic mass is 16.5. The lowest BCUT2D eigenvalue weighted by molar-refractivity contribution is 0.0491. The summed E-state index contributed by atoms with van der Waals surface area (Å²) in [7, 11) is 0. The van der Waals surface area contributed by atoms with Gasteiger partial charge in [-0.1, -0.05) is 38.1 Å². The highest BCUT2D eigenvalue weighted by Crippen LogP contribution is 2.35. The highest BCUT2D eigenvalue weighted by molar-refractivity contribution is 6.09. The van der Waals surface area contributed by atoms with E-state index in [0.717, 1.165) is 6.42 Å². The third kappa shape index (κ3) is 3.91. The summed E-state index contributed by atoms with van der Waals surface area (Å²) < 4.78 is 13.1. The van der Waals surface area contributed by atoms with Crippen LogP contribution < -0.4 is 10.5 Å². The highest BCUT2D eigenvalue weighted by Gasteiger charge is 2.27. The van der Waals surface area contributed by atoms with Crippen LogP contribution in [-0.4, -0.2) is 33.7 Å². The second-order valence-electron chi connectivity index (χ2n) is 7.70. The van der Waals surface area contributed by atoms with E-state index in [-0.39, 0.29) is 11.4 Å². The van der Waals surface area contributed by atoms with Gasteiger partial charge in [0, 0.05) is 0 Å². The van der Waals surface area contributed by atoms with Gasteiger partial charge in [0.1, 0.15) is 22.6 Å². The monoisotopic (exact) mass is 418 g/mol. The Morgan fingerprint density at radius 1 is 1.06 bits per heavy atom. The zero-order valence-electron chi connectivity index (χ0n) is 18.0. The molecule has 2 heterocycles. The number of rotatable bonds is 7. The number of anilines is 1. The molecule has 0 saturated heterocycles. The van der Waals surface area contributed by atoms with Gasteiger partial charge in [0.2, 0.25) is 0 Å². The van der Waals surface area contributed by atoms with E-state index in [1.807, 2.05) is 55.5 Å². The van der Waals surface area contributed by atoms with Gasteiger partial charge in [-0.3, -0.25) is 4.57 Å². The van der Waals surface area contributed by atoms with Crippen LogP contribution in [0.5, 0.6) is 5.75 Å². The fraction of sp³-hybridized carbons (Fsp3) is 0.292. The van der Waals surface area contributed by atoms with Crippen molar-refractivity contribution in [1.82, 2.24) is 14.5 Å². The molecule has 160 valence electrons. The van der Waals surface area contributed by atoms with Gasteiger partial charge in [0.05, 0.1) is 29.9 Å². The molecule has 7 heteroatoms. The lowest BCUT2D eigenvalue weighted by atomic mass is 10.1. The van der Waals surface area contributed by atoms with E-state index in [1.54, 1.807) is 4.57 Å². The fourth-order valence-corrected chi connectivity index (χ4v) is 3.49. The van der Waals surface area contributed by atoms with E-state index in [2.05, 4.69) is 13.8 Å². The molecule has 0 atom stereocenters. The van der Waals surface area contributed by atoms with Crippen molar-refractivity contribution in [2.24, 2.45) is 5.92 Å². The van der Waals surface area contributed by atoms with E-state index in [1.165, 1.54) is 0 Å². The summed E-state index contributed by atoms with van der Waals surface area (Å²) in [5.41, 5.74) is 9.74. The Bertz CT molecular complexity index is 1250. The number of esters is 1. The van der Waals surface area contributed by atoms with Crippen molar-refractivity contribution in [1.29, 1.82) is 0 Å². The number of hydrogen-bond donors (Lipinski definition) is 1. The SMILES string of the molecule is CCOc1ccccc1-n1c(N)c(C(=O)OCCC(C)C)c2nc3ccccc3nc21. The second kappa shape index (κ2) is 8.63. The van der Waals surface area contributed by atoms with E-state index >= 15 is 0 Å². The van der Waals surface area contributed by atoms with E-state index in [9.17, 15) is 4.79 Å². The number of nitrogens with two attached hydrogens (primary N) is 1. The summed E-state index contributed by atoms with van der Waals surface area (Å²) >= 11 is 0. The molecule has 0 unspecified atom stereocenters. The van der Waals surface area contributed by atoms with Crippen molar-refractivity contribution >= 4 is 34.0 Å². The molecule has 0 saturated carbocycles. The molecule has 31 heavy (non-hydrogen) atoms. The first-order chi connectivity index (χ1) is 15.0. The van der Waals surface area contributed by atoms with Crippen LogP contribution in [0.2, 0.25) is 0 Å². The first-order valence-corrected chi connectivity index (χ1v) is 10.5. The smallest absolute Gasteiger partial charge is 0.344 e. The van der Waals surface area contributed by atoms with Gasteiger partial charge in [-0.15, -0.1) is 0 Å². The fourth-order valence-electron chi connectivity index (χ4n) is 3.49. The first-order valence-electron chi connectivity index (χ1n) is 10.5. The number of aromatic nitrogens is 3. The maximum atomic E-state index is 13.0. The van der Waals surface area contributed by atoms with Gasteiger partial charge in [0.15, 0.2) is 5.65 Å². The van der Waals surface area contributed by atoms with Crippen LogP contribution in [0.25, 0.3) is 27.9 Å². The third-order valence-corrected chi connectivity index (χ3v) is 5.04. The molecule has 0 amide bonds. The lowest BCUT2D eigenvalue weighted by Gasteiger charge is -2.13. The number of nitrogens with zero attached hydrogens (tertiary/aromatic N) is 3. The number of carbonyl (C=O) groups excluding carboxylic acids is 1. The zero-order chi connectivity index (χ0) is 22.0. The molecule has 4 rings (SSSR count). The van der Waals surface area contributed by atoms with Crippen LogP contribution in [-0.2, 0) is 4.74 Å². The summed E-state index contributed by atoms with van der Waals surface area (Å²) in [4.78, 5) is 22.5. The average Bonchev–Trinajstić information content (AvgIpc) is 3.03. The van der Waals surface area contributed by atoms with Crippen LogP contribution in [0.3, 0.4) is 0 Å². The minimum Gasteiger partial charge on any atom is -0.492 e.